The third kappa shape index (κ3) is 3.32. The van der Waals surface area contributed by atoms with E-state index in [1.807, 2.05) is 0 Å². The summed E-state index contributed by atoms with van der Waals surface area (Å²) in [5.74, 6) is 0.949. The predicted molar refractivity (Wildman–Crippen MR) is 70.9 cm³/mol. The minimum absolute atomic E-state index is 0.418. The summed E-state index contributed by atoms with van der Waals surface area (Å²) in [5.41, 5.74) is 0.658. The van der Waals surface area contributed by atoms with Crippen LogP contribution in [0.5, 0.6) is 0 Å². The minimum atomic E-state index is -3.25. The molecule has 0 unspecified atom stereocenters. The number of aromatic nitrogens is 1. The summed E-state index contributed by atoms with van der Waals surface area (Å²) in [6.07, 6.45) is 2.51. The largest absolute Gasteiger partial charge is 0.446 e. The van der Waals surface area contributed by atoms with Crippen LogP contribution in [0.4, 0.5) is 0 Å². The molecule has 0 aliphatic heterocycles. The van der Waals surface area contributed by atoms with Crippen molar-refractivity contribution in [1.29, 1.82) is 0 Å². The zero-order valence-electron chi connectivity index (χ0n) is 11.6. The summed E-state index contributed by atoms with van der Waals surface area (Å²) >= 11 is 0. The van der Waals surface area contributed by atoms with Gasteiger partial charge in [-0.15, -0.1) is 0 Å². The van der Waals surface area contributed by atoms with Crippen LogP contribution in [0.1, 0.15) is 39.1 Å². The van der Waals surface area contributed by atoms with Crippen LogP contribution in [0.25, 0.3) is 0 Å². The normalized spacial score (nSPS) is 13.2. The number of rotatable bonds is 6. The van der Waals surface area contributed by atoms with Gasteiger partial charge in [0, 0.05) is 12.8 Å². The lowest BCUT2D eigenvalue weighted by Crippen LogP contribution is -2.30. The third-order valence-electron chi connectivity index (χ3n) is 2.96. The van der Waals surface area contributed by atoms with E-state index in [1.54, 1.807) is 13.8 Å². The van der Waals surface area contributed by atoms with Crippen molar-refractivity contribution in [3.8, 4) is 0 Å². The standard InChI is InChI=1S/C12H22N2O3S/c1-9(2)6-13-7-10-11(17-8-14-10)12(3,4)18(5,15)16/h8-9,13H,6-7H2,1-5H3. The first-order valence-electron chi connectivity index (χ1n) is 5.99. The first-order chi connectivity index (χ1) is 8.16. The van der Waals surface area contributed by atoms with Gasteiger partial charge < -0.3 is 9.73 Å². The highest BCUT2D eigenvalue weighted by Crippen LogP contribution is 2.31. The Morgan fingerprint density at radius 2 is 2.06 bits per heavy atom. The molecule has 6 heteroatoms. The van der Waals surface area contributed by atoms with Gasteiger partial charge in [0.2, 0.25) is 0 Å². The average Bonchev–Trinajstić information content (AvgIpc) is 2.64. The molecule has 0 bridgehead atoms. The van der Waals surface area contributed by atoms with E-state index >= 15 is 0 Å². The third-order valence-corrected chi connectivity index (χ3v) is 5.00. The molecule has 1 aromatic heterocycles. The Morgan fingerprint density at radius 3 is 2.56 bits per heavy atom. The molecule has 0 saturated heterocycles. The average molecular weight is 274 g/mol. The highest BCUT2D eigenvalue weighted by Gasteiger charge is 2.37. The molecule has 0 radical (unpaired) electrons. The summed E-state index contributed by atoms with van der Waals surface area (Å²) < 4.78 is 27.8. The molecule has 0 amide bonds. The van der Waals surface area contributed by atoms with Crippen molar-refractivity contribution in [1.82, 2.24) is 10.3 Å². The summed E-state index contributed by atoms with van der Waals surface area (Å²) in [5, 5.41) is 3.23. The van der Waals surface area contributed by atoms with Crippen molar-refractivity contribution in [2.24, 2.45) is 5.92 Å². The van der Waals surface area contributed by atoms with Crippen LogP contribution in [-0.2, 0) is 21.1 Å². The van der Waals surface area contributed by atoms with Gasteiger partial charge in [-0.25, -0.2) is 13.4 Å². The van der Waals surface area contributed by atoms with E-state index in [0.717, 1.165) is 6.54 Å². The lowest BCUT2D eigenvalue weighted by Gasteiger charge is -2.20. The summed E-state index contributed by atoms with van der Waals surface area (Å²) in [6, 6.07) is 0. The molecule has 0 atom stereocenters. The van der Waals surface area contributed by atoms with Gasteiger partial charge in [0.05, 0.1) is 5.69 Å². The maximum Gasteiger partial charge on any atom is 0.181 e. The SMILES string of the molecule is CC(C)CNCc1ncoc1C(C)(C)S(C)(=O)=O. The maximum absolute atomic E-state index is 11.8. The molecule has 0 aromatic carbocycles. The van der Waals surface area contributed by atoms with E-state index < -0.39 is 14.6 Å². The molecular formula is C12H22N2O3S. The first-order valence-corrected chi connectivity index (χ1v) is 7.88. The number of nitrogens with zero attached hydrogens (tertiary/aromatic N) is 1. The van der Waals surface area contributed by atoms with Gasteiger partial charge in [-0.1, -0.05) is 13.8 Å². The summed E-state index contributed by atoms with van der Waals surface area (Å²) in [4.78, 5) is 4.10. The van der Waals surface area contributed by atoms with Crippen molar-refractivity contribution in [2.75, 3.05) is 12.8 Å². The monoisotopic (exact) mass is 274 g/mol. The Balaban J connectivity index is 2.89. The van der Waals surface area contributed by atoms with Crippen molar-refractivity contribution in [2.45, 2.75) is 39.0 Å². The molecule has 0 aliphatic rings. The van der Waals surface area contributed by atoms with Crippen molar-refractivity contribution in [3.63, 3.8) is 0 Å². The Hall–Kier alpha value is -0.880. The van der Waals surface area contributed by atoms with E-state index in [2.05, 4.69) is 24.1 Å². The van der Waals surface area contributed by atoms with Crippen LogP contribution in [0.3, 0.4) is 0 Å². The molecule has 0 aliphatic carbocycles. The fourth-order valence-electron chi connectivity index (χ4n) is 1.53. The second-order valence-electron chi connectivity index (χ2n) is 5.44. The van der Waals surface area contributed by atoms with Crippen molar-refractivity contribution < 1.29 is 12.8 Å². The van der Waals surface area contributed by atoms with Crippen molar-refractivity contribution in [3.05, 3.63) is 17.8 Å². The van der Waals surface area contributed by atoms with Gasteiger partial charge in [-0.2, -0.15) is 0 Å². The summed E-state index contributed by atoms with van der Waals surface area (Å²) in [6.45, 7) is 8.85. The smallest absolute Gasteiger partial charge is 0.181 e. The fourth-order valence-corrected chi connectivity index (χ4v) is 2.03. The number of hydrogen-bond donors (Lipinski definition) is 1. The number of oxazole rings is 1. The van der Waals surface area contributed by atoms with E-state index in [4.69, 9.17) is 4.42 Å². The second kappa shape index (κ2) is 5.40. The molecule has 1 rings (SSSR count). The Morgan fingerprint density at radius 1 is 1.44 bits per heavy atom. The van der Waals surface area contributed by atoms with Gasteiger partial charge in [0.1, 0.15) is 10.5 Å². The van der Waals surface area contributed by atoms with E-state index in [9.17, 15) is 8.42 Å². The minimum Gasteiger partial charge on any atom is -0.446 e. The van der Waals surface area contributed by atoms with Crippen LogP contribution in [-0.4, -0.2) is 26.2 Å². The van der Waals surface area contributed by atoms with Gasteiger partial charge in [0.25, 0.3) is 0 Å². The molecule has 0 fully saturated rings. The highest BCUT2D eigenvalue weighted by molar-refractivity contribution is 7.91. The lowest BCUT2D eigenvalue weighted by atomic mass is 10.1. The Bertz CT molecular complexity index is 489. The quantitative estimate of drug-likeness (QED) is 0.854. The van der Waals surface area contributed by atoms with E-state index in [0.29, 0.717) is 23.9 Å². The molecule has 0 spiro atoms. The maximum atomic E-state index is 11.8. The van der Waals surface area contributed by atoms with E-state index in [-0.39, 0.29) is 0 Å². The highest BCUT2D eigenvalue weighted by atomic mass is 32.2. The first kappa shape index (κ1) is 15.2. The van der Waals surface area contributed by atoms with Gasteiger partial charge in [-0.05, 0) is 26.3 Å². The predicted octanol–water partition coefficient (Wildman–Crippen LogP) is 1.70. The molecule has 18 heavy (non-hydrogen) atoms. The Labute approximate surface area is 109 Å². The zero-order chi connectivity index (χ0) is 14.0. The van der Waals surface area contributed by atoms with Gasteiger partial charge in [0.15, 0.2) is 16.2 Å². The molecule has 1 heterocycles. The lowest BCUT2D eigenvalue weighted by molar-refractivity contribution is 0.439. The van der Waals surface area contributed by atoms with E-state index in [1.165, 1.54) is 12.6 Å². The molecule has 5 nitrogen and oxygen atoms in total. The second-order valence-corrected chi connectivity index (χ2v) is 8.00. The van der Waals surface area contributed by atoms with Crippen LogP contribution >= 0.6 is 0 Å². The fraction of sp³-hybridized carbons (Fsp3) is 0.750. The van der Waals surface area contributed by atoms with Crippen LogP contribution in [0.2, 0.25) is 0 Å². The van der Waals surface area contributed by atoms with Crippen LogP contribution < -0.4 is 5.32 Å². The zero-order valence-corrected chi connectivity index (χ0v) is 12.5. The van der Waals surface area contributed by atoms with Gasteiger partial charge in [-0.3, -0.25) is 0 Å². The Kier molecular flexibility index (Phi) is 4.55. The van der Waals surface area contributed by atoms with Crippen LogP contribution in [0.15, 0.2) is 10.8 Å². The van der Waals surface area contributed by atoms with Crippen molar-refractivity contribution >= 4 is 9.84 Å². The van der Waals surface area contributed by atoms with Crippen LogP contribution in [0, 0.1) is 5.92 Å². The van der Waals surface area contributed by atoms with Gasteiger partial charge >= 0.3 is 0 Å². The molecule has 104 valence electrons. The molecule has 1 aromatic rings. The molecule has 1 N–H and O–H groups in total. The number of nitrogens with one attached hydrogen (secondary N) is 1. The topological polar surface area (TPSA) is 72.2 Å². The summed E-state index contributed by atoms with van der Waals surface area (Å²) in [7, 11) is -3.25. The number of sulfone groups is 1. The molecular weight excluding hydrogens is 252 g/mol. The number of hydrogen-bond acceptors (Lipinski definition) is 5. The molecule has 0 saturated carbocycles.